The SMILES string of the molecule is C=COC(=C)c1cccc(C=C)c1Cl. The van der Waals surface area contributed by atoms with Gasteiger partial charge in [0.25, 0.3) is 0 Å². The molecule has 0 aliphatic heterocycles. The van der Waals surface area contributed by atoms with E-state index in [4.69, 9.17) is 16.3 Å². The van der Waals surface area contributed by atoms with Crippen molar-refractivity contribution in [3.8, 4) is 0 Å². The molecule has 0 N–H and O–H groups in total. The number of halogens is 1. The largest absolute Gasteiger partial charge is 0.466 e. The lowest BCUT2D eigenvalue weighted by Gasteiger charge is -2.08. The van der Waals surface area contributed by atoms with Crippen molar-refractivity contribution in [1.29, 1.82) is 0 Å². The Morgan fingerprint density at radius 1 is 1.36 bits per heavy atom. The van der Waals surface area contributed by atoms with Crippen LogP contribution < -0.4 is 0 Å². The molecular formula is C12H11ClO. The van der Waals surface area contributed by atoms with E-state index in [0.717, 1.165) is 11.1 Å². The highest BCUT2D eigenvalue weighted by Crippen LogP contribution is 2.27. The summed E-state index contributed by atoms with van der Waals surface area (Å²) in [6, 6.07) is 5.58. The minimum Gasteiger partial charge on any atom is -0.466 e. The summed E-state index contributed by atoms with van der Waals surface area (Å²) in [6.45, 7) is 10.9. The van der Waals surface area contributed by atoms with Gasteiger partial charge < -0.3 is 4.74 Å². The van der Waals surface area contributed by atoms with E-state index in [-0.39, 0.29) is 0 Å². The molecule has 2 heteroatoms. The zero-order chi connectivity index (χ0) is 10.6. The van der Waals surface area contributed by atoms with E-state index in [1.54, 1.807) is 6.08 Å². The average molecular weight is 207 g/mol. The summed E-state index contributed by atoms with van der Waals surface area (Å²) in [6.07, 6.45) is 3.01. The molecule has 0 heterocycles. The van der Waals surface area contributed by atoms with Gasteiger partial charge in [0.2, 0.25) is 0 Å². The van der Waals surface area contributed by atoms with E-state index in [9.17, 15) is 0 Å². The molecule has 0 saturated heterocycles. The minimum absolute atomic E-state index is 0.480. The van der Waals surface area contributed by atoms with Gasteiger partial charge in [0.1, 0.15) is 5.76 Å². The molecule has 0 aliphatic rings. The van der Waals surface area contributed by atoms with Crippen molar-refractivity contribution < 1.29 is 4.74 Å². The lowest BCUT2D eigenvalue weighted by molar-refractivity contribution is 0.440. The third-order valence-electron chi connectivity index (χ3n) is 1.77. The molecule has 0 aliphatic carbocycles. The van der Waals surface area contributed by atoms with Crippen molar-refractivity contribution in [3.63, 3.8) is 0 Å². The molecule has 0 saturated carbocycles. The standard InChI is InChI=1S/C12H11ClO/c1-4-10-7-6-8-11(12(10)13)9(3)14-5-2/h4-8H,1-3H2. The quantitative estimate of drug-likeness (QED) is 0.674. The molecule has 0 amide bonds. The molecule has 1 rings (SSSR count). The van der Waals surface area contributed by atoms with Gasteiger partial charge >= 0.3 is 0 Å². The van der Waals surface area contributed by atoms with Crippen molar-refractivity contribution >= 4 is 23.4 Å². The fourth-order valence-electron chi connectivity index (χ4n) is 1.09. The third kappa shape index (κ3) is 2.06. The first-order valence-electron chi connectivity index (χ1n) is 4.08. The smallest absolute Gasteiger partial charge is 0.128 e. The first-order chi connectivity index (χ1) is 6.70. The Balaban J connectivity index is 3.15. The van der Waals surface area contributed by atoms with Crippen molar-refractivity contribution in [1.82, 2.24) is 0 Å². The van der Waals surface area contributed by atoms with Crippen LogP contribution in [0.15, 0.2) is 44.2 Å². The van der Waals surface area contributed by atoms with E-state index in [2.05, 4.69) is 19.7 Å². The van der Waals surface area contributed by atoms with Gasteiger partial charge in [0.05, 0.1) is 11.3 Å². The summed E-state index contributed by atoms with van der Waals surface area (Å²) in [7, 11) is 0. The topological polar surface area (TPSA) is 9.23 Å². The number of benzene rings is 1. The van der Waals surface area contributed by atoms with E-state index >= 15 is 0 Å². The van der Waals surface area contributed by atoms with Gasteiger partial charge in [-0.2, -0.15) is 0 Å². The van der Waals surface area contributed by atoms with Crippen LogP contribution in [0.3, 0.4) is 0 Å². The maximum Gasteiger partial charge on any atom is 0.128 e. The Bertz CT molecular complexity index is 380. The molecule has 14 heavy (non-hydrogen) atoms. The van der Waals surface area contributed by atoms with Gasteiger partial charge in [0, 0.05) is 5.56 Å². The van der Waals surface area contributed by atoms with Gasteiger partial charge in [-0.05, 0) is 11.6 Å². The van der Waals surface area contributed by atoms with E-state index in [0.29, 0.717) is 10.8 Å². The molecule has 0 radical (unpaired) electrons. The lowest BCUT2D eigenvalue weighted by Crippen LogP contribution is -1.88. The van der Waals surface area contributed by atoms with Gasteiger partial charge in [-0.15, -0.1) is 0 Å². The molecule has 1 nitrogen and oxygen atoms in total. The van der Waals surface area contributed by atoms with Gasteiger partial charge in [-0.1, -0.05) is 49.5 Å². The monoisotopic (exact) mass is 206 g/mol. The van der Waals surface area contributed by atoms with Crippen molar-refractivity contribution in [2.24, 2.45) is 0 Å². The lowest BCUT2D eigenvalue weighted by atomic mass is 10.1. The second-order valence-corrected chi connectivity index (χ2v) is 3.00. The first-order valence-corrected chi connectivity index (χ1v) is 4.46. The minimum atomic E-state index is 0.480. The maximum atomic E-state index is 6.09. The molecule has 0 aromatic heterocycles. The predicted octanol–water partition coefficient (Wildman–Crippen LogP) is 4.11. The molecule has 0 spiro atoms. The van der Waals surface area contributed by atoms with Crippen molar-refractivity contribution in [3.05, 3.63) is 60.3 Å². The predicted molar refractivity (Wildman–Crippen MR) is 61.9 cm³/mol. The Morgan fingerprint density at radius 2 is 2.07 bits per heavy atom. The third-order valence-corrected chi connectivity index (χ3v) is 2.20. The van der Waals surface area contributed by atoms with Crippen LogP contribution >= 0.6 is 11.6 Å². The van der Waals surface area contributed by atoms with Crippen LogP contribution in [0.2, 0.25) is 5.02 Å². The second-order valence-electron chi connectivity index (χ2n) is 2.62. The highest BCUT2D eigenvalue weighted by atomic mass is 35.5. The summed E-state index contributed by atoms with van der Waals surface area (Å²) < 4.78 is 5.06. The number of rotatable bonds is 4. The summed E-state index contributed by atoms with van der Waals surface area (Å²) in [4.78, 5) is 0. The van der Waals surface area contributed by atoms with E-state index in [1.807, 2.05) is 18.2 Å². The first kappa shape index (κ1) is 10.6. The second kappa shape index (κ2) is 4.68. The van der Waals surface area contributed by atoms with Gasteiger partial charge in [0.15, 0.2) is 0 Å². The van der Waals surface area contributed by atoms with Crippen LogP contribution in [0.25, 0.3) is 11.8 Å². The molecule has 0 bridgehead atoms. The van der Waals surface area contributed by atoms with E-state index < -0.39 is 0 Å². The number of hydrogen-bond acceptors (Lipinski definition) is 1. The Hall–Kier alpha value is -1.47. The zero-order valence-electron chi connectivity index (χ0n) is 7.79. The Morgan fingerprint density at radius 3 is 2.64 bits per heavy atom. The molecular weight excluding hydrogens is 196 g/mol. The van der Waals surface area contributed by atoms with Crippen LogP contribution in [0.5, 0.6) is 0 Å². The summed E-state index contributed by atoms with van der Waals surface area (Å²) in [5.41, 5.74) is 1.61. The molecule has 1 aromatic carbocycles. The highest BCUT2D eigenvalue weighted by molar-refractivity contribution is 6.33. The number of hydrogen-bond donors (Lipinski definition) is 0. The molecule has 0 unspecified atom stereocenters. The van der Waals surface area contributed by atoms with Crippen LogP contribution in [0.1, 0.15) is 11.1 Å². The average Bonchev–Trinajstić information content (AvgIpc) is 2.18. The van der Waals surface area contributed by atoms with Crippen LogP contribution in [-0.4, -0.2) is 0 Å². The summed E-state index contributed by atoms with van der Waals surface area (Å²) in [5, 5.41) is 0.592. The van der Waals surface area contributed by atoms with Crippen molar-refractivity contribution in [2.75, 3.05) is 0 Å². The highest BCUT2D eigenvalue weighted by Gasteiger charge is 2.06. The molecule has 1 aromatic rings. The zero-order valence-corrected chi connectivity index (χ0v) is 8.55. The molecule has 0 atom stereocenters. The maximum absolute atomic E-state index is 6.09. The van der Waals surface area contributed by atoms with Crippen molar-refractivity contribution in [2.45, 2.75) is 0 Å². The summed E-state index contributed by atoms with van der Waals surface area (Å²) >= 11 is 6.09. The fraction of sp³-hybridized carbons (Fsp3) is 0. The molecule has 72 valence electrons. The van der Waals surface area contributed by atoms with Gasteiger partial charge in [-0.25, -0.2) is 0 Å². The van der Waals surface area contributed by atoms with Crippen LogP contribution in [0, 0.1) is 0 Å². The molecule has 0 fully saturated rings. The summed E-state index contributed by atoms with van der Waals surface area (Å²) in [5.74, 6) is 0.480. The Labute approximate surface area is 89.0 Å². The fourth-order valence-corrected chi connectivity index (χ4v) is 1.40. The van der Waals surface area contributed by atoms with Gasteiger partial charge in [-0.3, -0.25) is 0 Å². The van der Waals surface area contributed by atoms with Crippen LogP contribution in [0.4, 0.5) is 0 Å². The van der Waals surface area contributed by atoms with Crippen LogP contribution in [-0.2, 0) is 4.74 Å². The van der Waals surface area contributed by atoms with E-state index in [1.165, 1.54) is 6.26 Å². The number of ether oxygens (including phenoxy) is 1. The normalized spacial score (nSPS) is 9.21. The Kier molecular flexibility index (Phi) is 3.55.